The van der Waals surface area contributed by atoms with Gasteiger partial charge in [-0.2, -0.15) is 9.48 Å². The fourth-order valence-corrected chi connectivity index (χ4v) is 4.20. The summed E-state index contributed by atoms with van der Waals surface area (Å²) in [5.74, 6) is 0.229. The Bertz CT molecular complexity index is 1010. The predicted molar refractivity (Wildman–Crippen MR) is 115 cm³/mol. The normalized spacial score (nSPS) is 18.6. The van der Waals surface area contributed by atoms with Crippen molar-refractivity contribution < 1.29 is 28.4 Å². The molecule has 2 heterocycles. The molecule has 1 aromatic rings. The molecule has 0 saturated heterocycles. The molecule has 0 bridgehead atoms. The number of carbonyl (C=O) groups excluding carboxylic acids is 3. The molecule has 0 spiro atoms. The Balaban J connectivity index is 1.76. The van der Waals surface area contributed by atoms with E-state index in [0.29, 0.717) is 27.9 Å². The van der Waals surface area contributed by atoms with Crippen LogP contribution in [0.2, 0.25) is 0 Å². The van der Waals surface area contributed by atoms with Gasteiger partial charge in [-0.25, -0.2) is 4.79 Å². The van der Waals surface area contributed by atoms with Crippen LogP contribution in [0.25, 0.3) is 0 Å². The molecular formula is C20H23N4O5S+. The number of rotatable bonds is 6. The number of nitrogens with one attached hydrogen (secondary N) is 1. The highest BCUT2D eigenvalue weighted by Crippen LogP contribution is 2.35. The number of benzene rings is 1. The van der Waals surface area contributed by atoms with Gasteiger partial charge >= 0.3 is 11.9 Å². The summed E-state index contributed by atoms with van der Waals surface area (Å²) >= 11 is 1.25. The highest BCUT2D eigenvalue weighted by Gasteiger charge is 2.47. The molecule has 0 aromatic heterocycles. The van der Waals surface area contributed by atoms with Crippen LogP contribution in [0.5, 0.6) is 11.5 Å². The van der Waals surface area contributed by atoms with E-state index in [0.717, 1.165) is 10.5 Å². The van der Waals surface area contributed by atoms with Crippen LogP contribution < -0.4 is 14.8 Å². The summed E-state index contributed by atoms with van der Waals surface area (Å²) in [6, 6.07) is 4.67. The van der Waals surface area contributed by atoms with Crippen molar-refractivity contribution >= 4 is 47.3 Å². The van der Waals surface area contributed by atoms with Gasteiger partial charge in [0.15, 0.2) is 5.92 Å². The van der Waals surface area contributed by atoms with Crippen molar-refractivity contribution in [3.63, 3.8) is 0 Å². The van der Waals surface area contributed by atoms with Crippen LogP contribution in [-0.4, -0.2) is 73.4 Å². The number of dihydropyridines is 1. The van der Waals surface area contributed by atoms with Crippen molar-refractivity contribution in [3.05, 3.63) is 28.7 Å². The predicted octanol–water partition coefficient (Wildman–Crippen LogP) is 1.98. The monoisotopic (exact) mass is 431 g/mol. The zero-order chi connectivity index (χ0) is 22.0. The molecule has 158 valence electrons. The number of allylic oxidation sites excluding steroid dienone is 1. The summed E-state index contributed by atoms with van der Waals surface area (Å²) in [4.78, 5) is 43.6. The minimum atomic E-state index is -0.698. The number of amides is 4. The number of imide groups is 1. The van der Waals surface area contributed by atoms with Gasteiger partial charge in [-0.15, -0.1) is 16.8 Å². The zero-order valence-electron chi connectivity index (χ0n) is 17.4. The molecule has 0 aliphatic carbocycles. The number of ether oxygens (including phenoxy) is 2. The smallest absolute Gasteiger partial charge is 0.445 e. The van der Waals surface area contributed by atoms with Gasteiger partial charge in [0.05, 0.1) is 39.8 Å². The molecule has 9 nitrogen and oxygen atoms in total. The highest BCUT2D eigenvalue weighted by molar-refractivity contribution is 8.03. The molecule has 1 N–H and O–H groups in total. The van der Waals surface area contributed by atoms with Crippen LogP contribution in [0.3, 0.4) is 0 Å². The summed E-state index contributed by atoms with van der Waals surface area (Å²) in [6.07, 6.45) is 1.61. The molecule has 0 fully saturated rings. The van der Waals surface area contributed by atoms with E-state index in [-0.39, 0.29) is 17.6 Å². The van der Waals surface area contributed by atoms with Crippen molar-refractivity contribution in [1.82, 2.24) is 4.90 Å². The molecule has 3 rings (SSSR count). The van der Waals surface area contributed by atoms with Crippen molar-refractivity contribution in [3.8, 4) is 11.5 Å². The van der Waals surface area contributed by atoms with Crippen LogP contribution in [0.15, 0.2) is 33.7 Å². The third-order valence-corrected chi connectivity index (χ3v) is 6.11. The molecule has 2 aliphatic rings. The van der Waals surface area contributed by atoms with Crippen LogP contribution >= 0.6 is 11.8 Å². The molecule has 2 aliphatic heterocycles. The zero-order valence-corrected chi connectivity index (χ0v) is 18.2. The highest BCUT2D eigenvalue weighted by atomic mass is 32.2. The summed E-state index contributed by atoms with van der Waals surface area (Å²) in [7, 11) is 6.08. The topological polar surface area (TPSA) is 100 Å². The van der Waals surface area contributed by atoms with Crippen molar-refractivity contribution in [2.24, 2.45) is 10.9 Å². The van der Waals surface area contributed by atoms with Crippen LogP contribution in [0, 0.1) is 5.92 Å². The lowest BCUT2D eigenvalue weighted by Crippen LogP contribution is -2.52. The third-order valence-electron chi connectivity index (χ3n) is 4.84. The molecule has 30 heavy (non-hydrogen) atoms. The number of amidine groups is 1. The van der Waals surface area contributed by atoms with Crippen molar-refractivity contribution in [1.29, 1.82) is 0 Å². The maximum absolute atomic E-state index is 12.8. The van der Waals surface area contributed by atoms with E-state index in [2.05, 4.69) is 10.3 Å². The molecule has 1 atom stereocenters. The number of hydrogen-bond donors (Lipinski definition) is 1. The first-order valence-corrected chi connectivity index (χ1v) is 10.1. The largest absolute Gasteiger partial charge is 0.497 e. The van der Waals surface area contributed by atoms with Gasteiger partial charge in [0, 0.05) is 11.0 Å². The minimum Gasteiger partial charge on any atom is -0.497 e. The molecular weight excluding hydrogens is 408 g/mol. The van der Waals surface area contributed by atoms with Gasteiger partial charge in [-0.1, -0.05) is 0 Å². The second-order valence-corrected chi connectivity index (χ2v) is 7.76. The number of urea groups is 1. The lowest BCUT2D eigenvalue weighted by atomic mass is 9.99. The number of thioether (sulfide) groups is 1. The van der Waals surface area contributed by atoms with E-state index in [1.54, 1.807) is 38.6 Å². The first kappa shape index (κ1) is 21.6. The van der Waals surface area contributed by atoms with Crippen LogP contribution in [0.1, 0.15) is 6.92 Å². The van der Waals surface area contributed by atoms with Gasteiger partial charge < -0.3 is 14.8 Å². The van der Waals surface area contributed by atoms with E-state index in [9.17, 15) is 14.4 Å². The van der Waals surface area contributed by atoms with E-state index in [1.165, 1.54) is 30.5 Å². The molecule has 0 saturated carbocycles. The van der Waals surface area contributed by atoms with E-state index >= 15 is 0 Å². The molecule has 4 amide bonds. The van der Waals surface area contributed by atoms with Crippen LogP contribution in [-0.2, 0) is 9.59 Å². The second-order valence-electron chi connectivity index (χ2n) is 6.74. The van der Waals surface area contributed by atoms with Crippen molar-refractivity contribution in [2.75, 3.05) is 39.4 Å². The fraction of sp³-hybridized carbons (Fsp3) is 0.350. The van der Waals surface area contributed by atoms with E-state index in [1.807, 2.05) is 6.92 Å². The van der Waals surface area contributed by atoms with Crippen LogP contribution in [0.4, 0.5) is 10.5 Å². The average molecular weight is 431 g/mol. The summed E-state index contributed by atoms with van der Waals surface area (Å²) in [5, 5.41) is 2.81. The SMILES string of the molecule is COc1ccc(NC(=O)CSC2=C(C)C=NC3=[N+](C)C(=O)N(C)C(=O)C23)c(OC)c1. The minimum absolute atomic E-state index is 0.0775. The van der Waals surface area contributed by atoms with Crippen molar-refractivity contribution in [2.45, 2.75) is 6.92 Å². The first-order chi connectivity index (χ1) is 14.3. The Morgan fingerprint density at radius 1 is 1.30 bits per heavy atom. The molecule has 1 aromatic carbocycles. The summed E-state index contributed by atoms with van der Waals surface area (Å²) in [6.45, 7) is 1.83. The Hall–Kier alpha value is -3.14. The first-order valence-electron chi connectivity index (χ1n) is 9.10. The Morgan fingerprint density at radius 3 is 2.70 bits per heavy atom. The molecule has 10 heteroatoms. The number of aliphatic imine (C=N–C) groups is 1. The van der Waals surface area contributed by atoms with Gasteiger partial charge in [0.2, 0.25) is 5.91 Å². The molecule has 0 radical (unpaired) electrons. The van der Waals surface area contributed by atoms with Gasteiger partial charge in [0.1, 0.15) is 17.7 Å². The van der Waals surface area contributed by atoms with E-state index in [4.69, 9.17) is 9.47 Å². The lowest BCUT2D eigenvalue weighted by Gasteiger charge is -2.27. The maximum Gasteiger partial charge on any atom is 0.445 e. The second kappa shape index (κ2) is 8.70. The summed E-state index contributed by atoms with van der Waals surface area (Å²) in [5.41, 5.74) is 1.30. The number of methoxy groups -OCH3 is 2. The Labute approximate surface area is 178 Å². The standard InChI is InChI=1S/C20H22N4O5S/c1-11-9-21-18-16(19(26)24(3)20(27)23(18)2)17(11)30-10-15(25)22-13-7-6-12(28-4)8-14(13)29-5/h6-9,16H,10H2,1-5H3/p+1. The van der Waals surface area contributed by atoms with E-state index < -0.39 is 11.9 Å². The number of anilines is 1. The third kappa shape index (κ3) is 3.95. The number of fused-ring (bicyclic) bond motifs is 1. The lowest BCUT2D eigenvalue weighted by molar-refractivity contribution is -0.407. The number of carbonyl (C=O) groups is 3. The number of nitrogens with zero attached hydrogens (tertiary/aromatic N) is 3. The quantitative estimate of drug-likeness (QED) is 0.692. The van der Waals surface area contributed by atoms with Gasteiger partial charge in [-0.3, -0.25) is 9.59 Å². The maximum atomic E-state index is 12.8. The summed E-state index contributed by atoms with van der Waals surface area (Å²) < 4.78 is 11.8. The average Bonchev–Trinajstić information content (AvgIpc) is 2.75. The Kier molecular flexibility index (Phi) is 6.25. The fourth-order valence-electron chi connectivity index (χ4n) is 3.19. The Morgan fingerprint density at radius 2 is 2.03 bits per heavy atom. The number of hydrogen-bond acceptors (Lipinski definition) is 7. The van der Waals surface area contributed by atoms with Gasteiger partial charge in [0.25, 0.3) is 5.84 Å². The molecule has 1 unspecified atom stereocenters. The van der Waals surface area contributed by atoms with Gasteiger partial charge in [-0.05, 0) is 24.6 Å².